The molecule has 0 radical (unpaired) electrons. The van der Waals surface area contributed by atoms with Gasteiger partial charge in [0.2, 0.25) is 0 Å². The summed E-state index contributed by atoms with van der Waals surface area (Å²) in [7, 11) is 1.84. The largest absolute Gasteiger partial charge is 0.329 e. The van der Waals surface area contributed by atoms with Crippen LogP contribution in [0.4, 0.5) is 0 Å². The zero-order valence-corrected chi connectivity index (χ0v) is 10.7. The summed E-state index contributed by atoms with van der Waals surface area (Å²) < 4.78 is 2.77. The topological polar surface area (TPSA) is 34.9 Å². The number of benzene rings is 1. The zero-order valence-electron chi connectivity index (χ0n) is 9.07. The molecule has 0 saturated heterocycles. The van der Waals surface area contributed by atoms with Gasteiger partial charge in [-0.3, -0.25) is 4.79 Å². The second-order valence-electron chi connectivity index (χ2n) is 3.58. The van der Waals surface area contributed by atoms with Gasteiger partial charge in [0.05, 0.1) is 5.69 Å². The number of carbonyl (C=O) groups is 1. The normalized spacial score (nSPS) is 10.4. The number of hydrogen-bond acceptors (Lipinski definition) is 2. The van der Waals surface area contributed by atoms with E-state index in [-0.39, 0.29) is 0 Å². The van der Waals surface area contributed by atoms with Crippen molar-refractivity contribution in [3.63, 3.8) is 0 Å². The van der Waals surface area contributed by atoms with E-state index >= 15 is 0 Å². The van der Waals surface area contributed by atoms with Crippen molar-refractivity contribution in [3.05, 3.63) is 40.3 Å². The van der Waals surface area contributed by atoms with E-state index in [4.69, 9.17) is 0 Å². The average Bonchev–Trinajstić information content (AvgIpc) is 2.55. The van der Waals surface area contributed by atoms with Gasteiger partial charge in [-0.1, -0.05) is 28.1 Å². The Morgan fingerprint density at radius 1 is 1.44 bits per heavy atom. The van der Waals surface area contributed by atoms with Gasteiger partial charge in [0.15, 0.2) is 6.29 Å². The van der Waals surface area contributed by atoms with Gasteiger partial charge < -0.3 is 4.57 Å². The number of imidazole rings is 1. The lowest BCUT2D eigenvalue weighted by Crippen LogP contribution is -1.97. The van der Waals surface area contributed by atoms with Crippen LogP contribution in [0.3, 0.4) is 0 Å². The van der Waals surface area contributed by atoms with Crippen molar-refractivity contribution in [2.24, 2.45) is 7.05 Å². The number of halogens is 1. The van der Waals surface area contributed by atoms with Crippen LogP contribution < -0.4 is 0 Å². The molecule has 0 amide bonds. The van der Waals surface area contributed by atoms with Crippen LogP contribution in [0.1, 0.15) is 16.3 Å². The smallest absolute Gasteiger partial charge is 0.168 e. The molecule has 4 heteroatoms. The van der Waals surface area contributed by atoms with Gasteiger partial charge in [0.25, 0.3) is 0 Å². The second kappa shape index (κ2) is 4.22. The summed E-state index contributed by atoms with van der Waals surface area (Å²) in [5.74, 6) is 0.831. The maximum atomic E-state index is 11.0. The molecule has 0 aliphatic carbocycles. The molecule has 0 spiro atoms. The van der Waals surface area contributed by atoms with E-state index in [1.54, 1.807) is 4.57 Å². The Labute approximate surface area is 102 Å². The molecule has 3 nitrogen and oxygen atoms in total. The lowest BCUT2D eigenvalue weighted by atomic mass is 10.1. The van der Waals surface area contributed by atoms with Gasteiger partial charge in [-0.05, 0) is 19.1 Å². The van der Waals surface area contributed by atoms with Crippen molar-refractivity contribution < 1.29 is 4.79 Å². The number of rotatable bonds is 2. The van der Waals surface area contributed by atoms with Crippen LogP contribution in [0.2, 0.25) is 0 Å². The Bertz CT molecular complexity index is 546. The van der Waals surface area contributed by atoms with Crippen LogP contribution in [0.25, 0.3) is 11.3 Å². The number of aldehydes is 1. The number of aryl methyl sites for hydroxylation is 1. The minimum absolute atomic E-state index is 0.607. The molecule has 0 N–H and O–H groups in total. The van der Waals surface area contributed by atoms with E-state index in [2.05, 4.69) is 20.9 Å². The number of aromatic nitrogens is 2. The molecule has 0 saturated carbocycles. The summed E-state index contributed by atoms with van der Waals surface area (Å²) in [6, 6.07) is 7.77. The molecule has 1 aromatic heterocycles. The van der Waals surface area contributed by atoms with Crippen molar-refractivity contribution in [1.29, 1.82) is 0 Å². The molecular formula is C12H11BrN2O. The van der Waals surface area contributed by atoms with E-state index in [9.17, 15) is 4.79 Å². The quantitative estimate of drug-likeness (QED) is 0.792. The highest BCUT2D eigenvalue weighted by Gasteiger charge is 2.13. The van der Waals surface area contributed by atoms with E-state index in [1.807, 2.05) is 38.2 Å². The third-order valence-electron chi connectivity index (χ3n) is 2.57. The Morgan fingerprint density at radius 3 is 2.81 bits per heavy atom. The van der Waals surface area contributed by atoms with Crippen LogP contribution >= 0.6 is 15.9 Å². The predicted molar refractivity (Wildman–Crippen MR) is 66.5 cm³/mol. The maximum Gasteiger partial charge on any atom is 0.168 e. The fraction of sp³-hybridized carbons (Fsp3) is 0.167. The van der Waals surface area contributed by atoms with Gasteiger partial charge >= 0.3 is 0 Å². The Morgan fingerprint density at radius 2 is 2.19 bits per heavy atom. The summed E-state index contributed by atoms with van der Waals surface area (Å²) in [4.78, 5) is 15.5. The highest BCUT2D eigenvalue weighted by Crippen LogP contribution is 2.24. The maximum absolute atomic E-state index is 11.0. The molecule has 0 bridgehead atoms. The van der Waals surface area contributed by atoms with Crippen molar-refractivity contribution in [1.82, 2.24) is 9.55 Å². The Hall–Kier alpha value is -1.42. The van der Waals surface area contributed by atoms with E-state index in [0.29, 0.717) is 5.69 Å². The van der Waals surface area contributed by atoms with Crippen LogP contribution in [-0.4, -0.2) is 15.8 Å². The van der Waals surface area contributed by atoms with E-state index in [0.717, 1.165) is 27.8 Å². The minimum atomic E-state index is 0.607. The molecule has 1 aromatic carbocycles. The minimum Gasteiger partial charge on any atom is -0.329 e. The molecule has 0 fully saturated rings. The first kappa shape index (κ1) is 11.1. The van der Waals surface area contributed by atoms with Crippen LogP contribution in [0.5, 0.6) is 0 Å². The summed E-state index contributed by atoms with van der Waals surface area (Å²) in [5, 5.41) is 0. The predicted octanol–water partition coefficient (Wildman–Crippen LogP) is 2.97. The van der Waals surface area contributed by atoms with Crippen LogP contribution in [0.15, 0.2) is 28.7 Å². The molecule has 0 atom stereocenters. The van der Waals surface area contributed by atoms with Gasteiger partial charge in [0, 0.05) is 17.1 Å². The molecule has 2 rings (SSSR count). The molecular weight excluding hydrogens is 268 g/mol. The Balaban J connectivity index is 2.64. The van der Waals surface area contributed by atoms with Crippen molar-refractivity contribution >= 4 is 22.2 Å². The molecule has 82 valence electrons. The summed E-state index contributed by atoms with van der Waals surface area (Å²) in [5.41, 5.74) is 2.28. The van der Waals surface area contributed by atoms with Crippen LogP contribution in [-0.2, 0) is 7.05 Å². The first-order valence-corrected chi connectivity index (χ1v) is 5.67. The fourth-order valence-corrected chi connectivity index (χ4v) is 2.01. The van der Waals surface area contributed by atoms with Crippen LogP contribution in [0, 0.1) is 6.92 Å². The lowest BCUT2D eigenvalue weighted by Gasteiger charge is -2.00. The van der Waals surface area contributed by atoms with Gasteiger partial charge in [-0.25, -0.2) is 4.98 Å². The molecule has 0 aliphatic rings. The Kier molecular flexibility index (Phi) is 2.92. The van der Waals surface area contributed by atoms with Gasteiger partial charge in [-0.2, -0.15) is 0 Å². The third-order valence-corrected chi connectivity index (χ3v) is 3.07. The fourth-order valence-electron chi connectivity index (χ4n) is 1.61. The van der Waals surface area contributed by atoms with Gasteiger partial charge in [-0.15, -0.1) is 0 Å². The second-order valence-corrected chi connectivity index (χ2v) is 4.50. The number of hydrogen-bond donors (Lipinski definition) is 0. The standard InChI is InChI=1S/C12H11BrN2O/c1-8-14-12(11(7-16)15(8)2)9-4-3-5-10(13)6-9/h3-7H,1-2H3. The van der Waals surface area contributed by atoms with E-state index in [1.165, 1.54) is 0 Å². The highest BCUT2D eigenvalue weighted by molar-refractivity contribution is 9.10. The van der Waals surface area contributed by atoms with Crippen molar-refractivity contribution in [3.8, 4) is 11.3 Å². The first-order chi connectivity index (χ1) is 7.63. The number of carbonyl (C=O) groups excluding carboxylic acids is 1. The number of nitrogens with zero attached hydrogens (tertiary/aromatic N) is 2. The zero-order chi connectivity index (χ0) is 11.7. The molecule has 1 heterocycles. The summed E-state index contributed by atoms with van der Waals surface area (Å²) in [6.45, 7) is 1.88. The SMILES string of the molecule is Cc1nc(-c2cccc(Br)c2)c(C=O)n1C. The van der Waals surface area contributed by atoms with Crippen molar-refractivity contribution in [2.75, 3.05) is 0 Å². The first-order valence-electron chi connectivity index (χ1n) is 4.88. The van der Waals surface area contributed by atoms with Crippen molar-refractivity contribution in [2.45, 2.75) is 6.92 Å². The van der Waals surface area contributed by atoms with E-state index < -0.39 is 0 Å². The molecule has 16 heavy (non-hydrogen) atoms. The summed E-state index contributed by atoms with van der Waals surface area (Å²) >= 11 is 3.41. The molecule has 0 aliphatic heterocycles. The monoisotopic (exact) mass is 278 g/mol. The molecule has 0 unspecified atom stereocenters. The average molecular weight is 279 g/mol. The van der Waals surface area contributed by atoms with Gasteiger partial charge in [0.1, 0.15) is 11.5 Å². The highest BCUT2D eigenvalue weighted by atomic mass is 79.9. The molecule has 2 aromatic rings. The third kappa shape index (κ3) is 1.80. The summed E-state index contributed by atoms with van der Waals surface area (Å²) in [6.07, 6.45) is 0.843. The lowest BCUT2D eigenvalue weighted by molar-refractivity contribution is 0.111.